The van der Waals surface area contributed by atoms with Crippen molar-refractivity contribution in [3.63, 3.8) is 0 Å². The number of ketones is 1. The van der Waals surface area contributed by atoms with Crippen molar-refractivity contribution in [3.8, 4) is 0 Å². The topological polar surface area (TPSA) is 114 Å². The van der Waals surface area contributed by atoms with Crippen LogP contribution < -0.4 is 10.6 Å². The van der Waals surface area contributed by atoms with Crippen molar-refractivity contribution >= 4 is 45.7 Å². The molecule has 2 amide bonds. The van der Waals surface area contributed by atoms with Gasteiger partial charge in [0, 0.05) is 17.9 Å². The molecule has 1 aromatic heterocycles. The maximum atomic E-state index is 11.9. The first-order valence-corrected chi connectivity index (χ1v) is 8.05. The molecule has 0 aliphatic carbocycles. The van der Waals surface area contributed by atoms with Gasteiger partial charge in [0.2, 0.25) is 5.91 Å². The monoisotopic (exact) mass is 361 g/mol. The second-order valence-corrected chi connectivity index (χ2v) is 5.80. The number of hydrogen-bond acceptors (Lipinski definition) is 7. The minimum Gasteiger partial charge on any atom is -0.451 e. The highest BCUT2D eigenvalue weighted by atomic mass is 32.1. The van der Waals surface area contributed by atoms with Gasteiger partial charge in [-0.3, -0.25) is 14.4 Å². The Morgan fingerprint density at radius 2 is 1.84 bits per heavy atom. The standard InChI is InChI=1S/C16H15N3O5S/c1-9(20)11-5-3-4-6-12(11)18-14(22)7-24-15(23)13-8-25-16(19-13)17-10(2)21/h3-6,8H,7H2,1-2H3,(H,18,22)(H,17,19,21). The van der Waals surface area contributed by atoms with Gasteiger partial charge in [-0.25, -0.2) is 9.78 Å². The highest BCUT2D eigenvalue weighted by Gasteiger charge is 2.15. The smallest absolute Gasteiger partial charge is 0.358 e. The number of benzene rings is 1. The minimum atomic E-state index is -0.789. The van der Waals surface area contributed by atoms with Crippen LogP contribution in [0.2, 0.25) is 0 Å². The quantitative estimate of drug-likeness (QED) is 0.601. The van der Waals surface area contributed by atoms with Crippen LogP contribution in [0, 0.1) is 0 Å². The fraction of sp³-hybridized carbons (Fsp3) is 0.188. The largest absolute Gasteiger partial charge is 0.451 e. The predicted molar refractivity (Wildman–Crippen MR) is 91.8 cm³/mol. The molecule has 1 heterocycles. The van der Waals surface area contributed by atoms with Gasteiger partial charge in [0.25, 0.3) is 5.91 Å². The summed E-state index contributed by atoms with van der Waals surface area (Å²) in [5.41, 5.74) is 0.699. The highest BCUT2D eigenvalue weighted by Crippen LogP contribution is 2.17. The van der Waals surface area contributed by atoms with Gasteiger partial charge in [-0.15, -0.1) is 11.3 Å². The Morgan fingerprint density at radius 3 is 2.52 bits per heavy atom. The summed E-state index contributed by atoms with van der Waals surface area (Å²) >= 11 is 1.07. The van der Waals surface area contributed by atoms with Gasteiger partial charge in [-0.05, 0) is 19.1 Å². The molecule has 2 rings (SSSR count). The number of carbonyl (C=O) groups excluding carboxylic acids is 4. The molecule has 2 aromatic rings. The normalized spacial score (nSPS) is 10.0. The Kier molecular flexibility index (Phi) is 5.96. The maximum Gasteiger partial charge on any atom is 0.358 e. The Hall–Kier alpha value is -3.07. The number of aromatic nitrogens is 1. The Balaban J connectivity index is 1.92. The van der Waals surface area contributed by atoms with Crippen molar-refractivity contribution in [2.75, 3.05) is 17.2 Å². The molecule has 0 atom stereocenters. The minimum absolute atomic E-state index is 0.00862. The number of carbonyl (C=O) groups is 4. The third kappa shape index (κ3) is 5.21. The van der Waals surface area contributed by atoms with Crippen molar-refractivity contribution in [1.82, 2.24) is 4.98 Å². The Labute approximate surface area is 147 Å². The van der Waals surface area contributed by atoms with Gasteiger partial charge in [0.05, 0.1) is 5.69 Å². The molecule has 0 saturated heterocycles. The van der Waals surface area contributed by atoms with Crippen LogP contribution in [-0.4, -0.2) is 35.2 Å². The molecule has 0 unspecified atom stereocenters. The number of Topliss-reactive ketones (excluding diaryl/α,β-unsaturated/α-hetero) is 1. The lowest BCUT2D eigenvalue weighted by Gasteiger charge is -2.09. The third-order valence-electron chi connectivity index (χ3n) is 2.91. The first-order valence-electron chi connectivity index (χ1n) is 7.17. The molecule has 0 spiro atoms. The molecule has 0 saturated carbocycles. The number of anilines is 2. The van der Waals surface area contributed by atoms with E-state index in [-0.39, 0.29) is 22.5 Å². The van der Waals surface area contributed by atoms with E-state index in [9.17, 15) is 19.2 Å². The van der Waals surface area contributed by atoms with Crippen LogP contribution in [0.25, 0.3) is 0 Å². The van der Waals surface area contributed by atoms with Gasteiger partial charge in [0.1, 0.15) is 0 Å². The fourth-order valence-corrected chi connectivity index (χ4v) is 2.59. The molecule has 25 heavy (non-hydrogen) atoms. The van der Waals surface area contributed by atoms with Crippen LogP contribution in [0.5, 0.6) is 0 Å². The van der Waals surface area contributed by atoms with Crippen molar-refractivity contribution in [2.24, 2.45) is 0 Å². The number of esters is 1. The molecule has 2 N–H and O–H groups in total. The lowest BCUT2D eigenvalue weighted by Crippen LogP contribution is -2.22. The number of rotatable bonds is 6. The zero-order valence-electron chi connectivity index (χ0n) is 13.5. The molecule has 0 bridgehead atoms. The number of thiazole rings is 1. The first kappa shape index (κ1) is 18.3. The van der Waals surface area contributed by atoms with Gasteiger partial charge in [0.15, 0.2) is 23.2 Å². The predicted octanol–water partition coefficient (Wildman–Crippen LogP) is 2.10. The molecule has 0 fully saturated rings. The lowest BCUT2D eigenvalue weighted by molar-refractivity contribution is -0.119. The summed E-state index contributed by atoms with van der Waals surface area (Å²) in [4.78, 5) is 50.1. The molecule has 0 radical (unpaired) electrons. The Bertz CT molecular complexity index is 831. The van der Waals surface area contributed by atoms with Crippen LogP contribution in [0.15, 0.2) is 29.6 Å². The number of nitrogens with one attached hydrogen (secondary N) is 2. The second-order valence-electron chi connectivity index (χ2n) is 4.95. The second kappa shape index (κ2) is 8.15. The molecule has 0 aliphatic heterocycles. The Morgan fingerprint density at radius 1 is 1.12 bits per heavy atom. The summed E-state index contributed by atoms with van der Waals surface area (Å²) < 4.78 is 4.88. The first-order chi connectivity index (χ1) is 11.9. The molecule has 130 valence electrons. The average molecular weight is 361 g/mol. The molecule has 9 heteroatoms. The third-order valence-corrected chi connectivity index (χ3v) is 3.67. The van der Waals surface area contributed by atoms with E-state index in [1.165, 1.54) is 19.2 Å². The summed E-state index contributed by atoms with van der Waals surface area (Å²) in [6.45, 7) is 2.18. The van der Waals surface area contributed by atoms with Crippen LogP contribution >= 0.6 is 11.3 Å². The van der Waals surface area contributed by atoms with E-state index in [1.54, 1.807) is 24.3 Å². The van der Waals surface area contributed by atoms with E-state index in [2.05, 4.69) is 15.6 Å². The van der Waals surface area contributed by atoms with Crippen LogP contribution in [0.3, 0.4) is 0 Å². The van der Waals surface area contributed by atoms with E-state index in [0.717, 1.165) is 11.3 Å². The molecular formula is C16H15N3O5S. The van der Waals surface area contributed by atoms with Crippen molar-refractivity contribution < 1.29 is 23.9 Å². The van der Waals surface area contributed by atoms with E-state index >= 15 is 0 Å². The molecule has 8 nitrogen and oxygen atoms in total. The van der Waals surface area contributed by atoms with Crippen molar-refractivity contribution in [3.05, 3.63) is 40.9 Å². The lowest BCUT2D eigenvalue weighted by atomic mass is 10.1. The van der Waals surface area contributed by atoms with Crippen molar-refractivity contribution in [2.45, 2.75) is 13.8 Å². The molecular weight excluding hydrogens is 346 g/mol. The van der Waals surface area contributed by atoms with Crippen LogP contribution in [0.1, 0.15) is 34.7 Å². The number of ether oxygens (including phenoxy) is 1. The zero-order valence-corrected chi connectivity index (χ0v) is 14.3. The zero-order chi connectivity index (χ0) is 18.4. The van der Waals surface area contributed by atoms with Gasteiger partial charge in [-0.2, -0.15) is 0 Å². The van der Waals surface area contributed by atoms with E-state index in [1.807, 2.05) is 0 Å². The van der Waals surface area contributed by atoms with E-state index in [4.69, 9.17) is 4.74 Å². The van der Waals surface area contributed by atoms with Crippen LogP contribution in [0.4, 0.5) is 10.8 Å². The fourth-order valence-electron chi connectivity index (χ4n) is 1.87. The average Bonchev–Trinajstić information content (AvgIpc) is 3.00. The summed E-state index contributed by atoms with van der Waals surface area (Å²) in [5, 5.41) is 6.64. The molecule has 0 aliphatic rings. The van der Waals surface area contributed by atoms with Gasteiger partial charge < -0.3 is 15.4 Å². The summed E-state index contributed by atoms with van der Waals surface area (Å²) in [6.07, 6.45) is 0. The van der Waals surface area contributed by atoms with Crippen LogP contribution in [-0.2, 0) is 14.3 Å². The molecule has 1 aromatic carbocycles. The number of para-hydroxylation sites is 1. The summed E-state index contributed by atoms with van der Waals surface area (Å²) in [7, 11) is 0. The number of hydrogen-bond donors (Lipinski definition) is 2. The highest BCUT2D eigenvalue weighted by molar-refractivity contribution is 7.14. The summed E-state index contributed by atoms with van der Waals surface area (Å²) in [5.74, 6) is -1.87. The maximum absolute atomic E-state index is 11.9. The SMILES string of the molecule is CC(=O)Nc1nc(C(=O)OCC(=O)Nc2ccccc2C(C)=O)cs1. The van der Waals surface area contributed by atoms with Gasteiger partial charge in [-0.1, -0.05) is 12.1 Å². The van der Waals surface area contributed by atoms with E-state index < -0.39 is 18.5 Å². The number of amides is 2. The number of nitrogens with zero attached hydrogens (tertiary/aromatic N) is 1. The summed E-state index contributed by atoms with van der Waals surface area (Å²) in [6, 6.07) is 6.52. The van der Waals surface area contributed by atoms with E-state index in [0.29, 0.717) is 11.3 Å². The van der Waals surface area contributed by atoms with Gasteiger partial charge >= 0.3 is 5.97 Å². The van der Waals surface area contributed by atoms with Crippen molar-refractivity contribution in [1.29, 1.82) is 0 Å².